The molecule has 3 aliphatic rings. The number of ether oxygens (including phenoxy) is 3. The smallest absolute Gasteiger partial charge is 0.204 e. The first-order valence-corrected chi connectivity index (χ1v) is 12.9. The van der Waals surface area contributed by atoms with Crippen LogP contribution in [0.5, 0.6) is 11.5 Å². The van der Waals surface area contributed by atoms with Crippen molar-refractivity contribution >= 4 is 0 Å². The molecule has 2 saturated carbocycles. The molecule has 1 atom stereocenters. The molecule has 32 heavy (non-hydrogen) atoms. The fourth-order valence-electron chi connectivity index (χ4n) is 6.20. The van der Waals surface area contributed by atoms with Crippen LogP contribution in [0.4, 0.5) is 8.78 Å². The Kier molecular flexibility index (Phi) is 8.31. The van der Waals surface area contributed by atoms with Gasteiger partial charge in [-0.05, 0) is 88.0 Å². The lowest BCUT2D eigenvalue weighted by Crippen LogP contribution is -2.29. The molecule has 2 aliphatic carbocycles. The first kappa shape index (κ1) is 23.8. The van der Waals surface area contributed by atoms with E-state index in [4.69, 9.17) is 14.2 Å². The molecule has 0 aromatic heterocycles. The number of benzene rings is 1. The van der Waals surface area contributed by atoms with Crippen LogP contribution in [0.15, 0.2) is 6.07 Å². The van der Waals surface area contributed by atoms with Gasteiger partial charge in [-0.2, -0.15) is 8.78 Å². The molecular weight excluding hydrogens is 410 g/mol. The van der Waals surface area contributed by atoms with E-state index in [1.165, 1.54) is 64.9 Å². The van der Waals surface area contributed by atoms with Crippen LogP contribution < -0.4 is 9.47 Å². The molecule has 0 bridgehead atoms. The van der Waals surface area contributed by atoms with Gasteiger partial charge in [0.1, 0.15) is 0 Å². The van der Waals surface area contributed by atoms with E-state index in [2.05, 4.69) is 6.92 Å². The lowest BCUT2D eigenvalue weighted by molar-refractivity contribution is 0.00203. The van der Waals surface area contributed by atoms with Gasteiger partial charge in [-0.25, -0.2) is 0 Å². The predicted molar refractivity (Wildman–Crippen MR) is 122 cm³/mol. The summed E-state index contributed by atoms with van der Waals surface area (Å²) in [6.07, 6.45) is 15.6. The van der Waals surface area contributed by atoms with Crippen LogP contribution >= 0.6 is 0 Å². The number of hydrogen-bond donors (Lipinski definition) is 0. The average Bonchev–Trinajstić information content (AvgIpc) is 2.84. The number of rotatable bonds is 8. The number of methoxy groups -OCH3 is 1. The Morgan fingerprint density at radius 1 is 0.938 bits per heavy atom. The van der Waals surface area contributed by atoms with Crippen molar-refractivity contribution in [3.8, 4) is 11.5 Å². The second-order valence-electron chi connectivity index (χ2n) is 10.2. The summed E-state index contributed by atoms with van der Waals surface area (Å²) in [7, 11) is 1.35. The number of halogens is 2. The van der Waals surface area contributed by atoms with E-state index in [0.717, 1.165) is 43.6 Å². The van der Waals surface area contributed by atoms with Crippen molar-refractivity contribution in [2.75, 3.05) is 13.7 Å². The third-order valence-electron chi connectivity index (χ3n) is 8.32. The topological polar surface area (TPSA) is 27.7 Å². The molecule has 0 spiro atoms. The highest BCUT2D eigenvalue weighted by Crippen LogP contribution is 2.41. The van der Waals surface area contributed by atoms with E-state index < -0.39 is 11.6 Å². The van der Waals surface area contributed by atoms with Crippen LogP contribution in [0.1, 0.15) is 89.5 Å². The van der Waals surface area contributed by atoms with Crippen molar-refractivity contribution in [1.29, 1.82) is 0 Å². The molecule has 1 aromatic rings. The van der Waals surface area contributed by atoms with Gasteiger partial charge in [0, 0.05) is 12.2 Å². The Morgan fingerprint density at radius 3 is 2.28 bits per heavy atom. The second-order valence-corrected chi connectivity index (χ2v) is 10.2. The van der Waals surface area contributed by atoms with Gasteiger partial charge in [0.15, 0.2) is 11.5 Å². The molecule has 1 aromatic carbocycles. The van der Waals surface area contributed by atoms with E-state index in [0.29, 0.717) is 18.1 Å². The molecule has 180 valence electrons. The van der Waals surface area contributed by atoms with E-state index in [1.54, 1.807) is 6.07 Å². The largest absolute Gasteiger partial charge is 0.494 e. The van der Waals surface area contributed by atoms with Gasteiger partial charge in [-0.3, -0.25) is 0 Å². The molecule has 2 fully saturated rings. The average molecular weight is 451 g/mol. The second kappa shape index (κ2) is 11.2. The summed E-state index contributed by atoms with van der Waals surface area (Å²) < 4.78 is 45.2. The third-order valence-corrected chi connectivity index (χ3v) is 8.32. The standard InChI is InChI=1S/C27H40F2O3/c1-3-18-6-8-19(9-7-18)20-10-13-22(14-11-20)31-16-4-5-23-15-12-21-17-24(30-2)25(28)26(29)27(21)32-23/h17-20,22-23H,3-16H2,1-2H3. The Hall–Kier alpha value is -1.36. The summed E-state index contributed by atoms with van der Waals surface area (Å²) in [6, 6.07) is 1.55. The molecule has 1 heterocycles. The van der Waals surface area contributed by atoms with Crippen molar-refractivity contribution in [3.05, 3.63) is 23.3 Å². The Labute approximate surface area is 192 Å². The highest BCUT2D eigenvalue weighted by atomic mass is 19.2. The van der Waals surface area contributed by atoms with Crippen molar-refractivity contribution in [1.82, 2.24) is 0 Å². The molecule has 4 rings (SSSR count). The lowest BCUT2D eigenvalue weighted by atomic mass is 9.70. The molecule has 3 nitrogen and oxygen atoms in total. The maximum Gasteiger partial charge on any atom is 0.204 e. The maximum absolute atomic E-state index is 14.3. The number of hydrogen-bond acceptors (Lipinski definition) is 3. The normalized spacial score (nSPS) is 30.4. The molecule has 5 heteroatoms. The summed E-state index contributed by atoms with van der Waals surface area (Å²) >= 11 is 0. The molecular formula is C27H40F2O3. The summed E-state index contributed by atoms with van der Waals surface area (Å²) in [6.45, 7) is 3.06. The monoisotopic (exact) mass is 450 g/mol. The van der Waals surface area contributed by atoms with Crippen LogP contribution in [0.3, 0.4) is 0 Å². The number of fused-ring (bicyclic) bond motifs is 1. The van der Waals surface area contributed by atoms with E-state index in [-0.39, 0.29) is 17.6 Å². The highest BCUT2D eigenvalue weighted by molar-refractivity contribution is 5.44. The number of aryl methyl sites for hydroxylation is 1. The molecule has 0 saturated heterocycles. The summed E-state index contributed by atoms with van der Waals surface area (Å²) in [5, 5.41) is 0. The van der Waals surface area contributed by atoms with Crippen molar-refractivity contribution in [2.24, 2.45) is 17.8 Å². The summed E-state index contributed by atoms with van der Waals surface area (Å²) in [5.41, 5.74) is 0.688. The van der Waals surface area contributed by atoms with Crippen LogP contribution in [0.25, 0.3) is 0 Å². The summed E-state index contributed by atoms with van der Waals surface area (Å²) in [4.78, 5) is 0. The molecule has 1 unspecified atom stereocenters. The van der Waals surface area contributed by atoms with E-state index in [1.807, 2.05) is 0 Å². The van der Waals surface area contributed by atoms with Gasteiger partial charge in [0.05, 0.1) is 19.3 Å². The van der Waals surface area contributed by atoms with Crippen molar-refractivity contribution in [2.45, 2.75) is 103 Å². The van der Waals surface area contributed by atoms with Crippen LogP contribution in [0.2, 0.25) is 0 Å². The quantitative estimate of drug-likeness (QED) is 0.391. The Morgan fingerprint density at radius 2 is 1.62 bits per heavy atom. The minimum atomic E-state index is -0.968. The van der Waals surface area contributed by atoms with E-state index >= 15 is 0 Å². The SMILES string of the molecule is CCC1CCC(C2CCC(OCCCC3CCc4cc(OC)c(F)c(F)c4O3)CC2)CC1. The van der Waals surface area contributed by atoms with Crippen molar-refractivity contribution < 1.29 is 23.0 Å². The van der Waals surface area contributed by atoms with Crippen LogP contribution in [-0.4, -0.2) is 25.9 Å². The Balaban J connectivity index is 1.14. The fourth-order valence-corrected chi connectivity index (χ4v) is 6.20. The van der Waals surface area contributed by atoms with Gasteiger partial charge >= 0.3 is 0 Å². The van der Waals surface area contributed by atoms with Crippen LogP contribution in [-0.2, 0) is 11.2 Å². The highest BCUT2D eigenvalue weighted by Gasteiger charge is 2.31. The van der Waals surface area contributed by atoms with Crippen LogP contribution in [0, 0.1) is 29.4 Å². The predicted octanol–water partition coefficient (Wildman–Crippen LogP) is 7.24. The molecule has 1 aliphatic heterocycles. The molecule has 0 N–H and O–H groups in total. The Bertz CT molecular complexity index is 737. The van der Waals surface area contributed by atoms with Gasteiger partial charge < -0.3 is 14.2 Å². The van der Waals surface area contributed by atoms with Gasteiger partial charge in [0.2, 0.25) is 11.6 Å². The summed E-state index contributed by atoms with van der Waals surface area (Å²) in [5.74, 6) is 0.953. The first-order valence-electron chi connectivity index (χ1n) is 12.9. The van der Waals surface area contributed by atoms with Gasteiger partial charge in [-0.1, -0.05) is 26.2 Å². The molecule has 0 radical (unpaired) electrons. The minimum Gasteiger partial charge on any atom is -0.494 e. The fraction of sp³-hybridized carbons (Fsp3) is 0.778. The molecule has 0 amide bonds. The zero-order chi connectivity index (χ0) is 22.5. The maximum atomic E-state index is 14.3. The van der Waals surface area contributed by atoms with Gasteiger partial charge in [0.25, 0.3) is 0 Å². The van der Waals surface area contributed by atoms with Crippen molar-refractivity contribution in [3.63, 3.8) is 0 Å². The third kappa shape index (κ3) is 5.58. The lowest BCUT2D eigenvalue weighted by Gasteiger charge is -2.37. The zero-order valence-corrected chi connectivity index (χ0v) is 19.8. The first-order chi connectivity index (χ1) is 15.6. The zero-order valence-electron chi connectivity index (χ0n) is 19.8. The van der Waals surface area contributed by atoms with Gasteiger partial charge in [-0.15, -0.1) is 0 Å². The minimum absolute atomic E-state index is 0.0555. The van der Waals surface area contributed by atoms with E-state index in [9.17, 15) is 8.78 Å².